The maximum Gasteiger partial charge on any atom is 0.293 e. The molecule has 0 atom stereocenters. The Bertz CT molecular complexity index is 921. The van der Waals surface area contributed by atoms with Crippen molar-refractivity contribution in [2.75, 3.05) is 5.32 Å². The molecule has 0 aliphatic rings. The number of nitro groups is 1. The normalized spacial score (nSPS) is 10.4. The molecule has 1 amide bonds. The maximum absolute atomic E-state index is 11.2. The lowest BCUT2D eigenvalue weighted by molar-refractivity contribution is -0.384. The SMILES string of the molecule is NC(=O)c1ccc(NCc2ncc(-c3ccccc3)[nH]2)c([N+](=O)[O-])c1. The summed E-state index contributed by atoms with van der Waals surface area (Å²) in [6.45, 7) is 0.267. The highest BCUT2D eigenvalue weighted by Crippen LogP contribution is 2.26. The Morgan fingerprint density at radius 1 is 1.24 bits per heavy atom. The second-order valence-corrected chi connectivity index (χ2v) is 5.32. The summed E-state index contributed by atoms with van der Waals surface area (Å²) in [4.78, 5) is 29.2. The number of nitrogens with one attached hydrogen (secondary N) is 2. The van der Waals surface area contributed by atoms with E-state index < -0.39 is 10.8 Å². The lowest BCUT2D eigenvalue weighted by Crippen LogP contribution is -2.12. The largest absolute Gasteiger partial charge is 0.372 e. The number of benzene rings is 2. The molecule has 0 saturated heterocycles. The van der Waals surface area contributed by atoms with Crippen LogP contribution in [0.15, 0.2) is 54.7 Å². The fraction of sp³-hybridized carbons (Fsp3) is 0.0588. The Morgan fingerprint density at radius 3 is 2.68 bits per heavy atom. The molecule has 25 heavy (non-hydrogen) atoms. The number of carbonyl (C=O) groups excluding carboxylic acids is 1. The maximum atomic E-state index is 11.2. The average molecular weight is 337 g/mol. The highest BCUT2D eigenvalue weighted by molar-refractivity contribution is 5.94. The summed E-state index contributed by atoms with van der Waals surface area (Å²) in [6.07, 6.45) is 1.71. The van der Waals surface area contributed by atoms with Crippen molar-refractivity contribution in [2.45, 2.75) is 6.54 Å². The Kier molecular flexibility index (Phi) is 4.42. The predicted octanol–water partition coefficient (Wildman–Crippen LogP) is 2.70. The van der Waals surface area contributed by atoms with E-state index in [4.69, 9.17) is 5.73 Å². The van der Waals surface area contributed by atoms with Gasteiger partial charge in [0.05, 0.1) is 23.4 Å². The van der Waals surface area contributed by atoms with Gasteiger partial charge in [-0.05, 0) is 17.7 Å². The Labute approximate surface area is 142 Å². The Balaban J connectivity index is 1.77. The number of H-pyrrole nitrogens is 1. The fourth-order valence-electron chi connectivity index (χ4n) is 2.38. The van der Waals surface area contributed by atoms with E-state index in [0.717, 1.165) is 17.3 Å². The number of carbonyl (C=O) groups is 1. The van der Waals surface area contributed by atoms with Crippen molar-refractivity contribution < 1.29 is 9.72 Å². The first-order valence-electron chi connectivity index (χ1n) is 7.46. The smallest absolute Gasteiger partial charge is 0.293 e. The molecule has 3 rings (SSSR count). The Morgan fingerprint density at radius 2 is 2.00 bits per heavy atom. The molecule has 0 radical (unpaired) electrons. The first kappa shape index (κ1) is 16.2. The van der Waals surface area contributed by atoms with Crippen molar-refractivity contribution in [3.05, 3.63) is 76.2 Å². The number of amides is 1. The van der Waals surface area contributed by atoms with Gasteiger partial charge in [-0.1, -0.05) is 30.3 Å². The number of nitrogens with zero attached hydrogens (tertiary/aromatic N) is 2. The second-order valence-electron chi connectivity index (χ2n) is 5.32. The summed E-state index contributed by atoms with van der Waals surface area (Å²) >= 11 is 0. The number of hydrogen-bond acceptors (Lipinski definition) is 5. The van der Waals surface area contributed by atoms with Gasteiger partial charge in [-0.25, -0.2) is 4.98 Å². The minimum absolute atomic E-state index is 0.0848. The first-order chi connectivity index (χ1) is 12.0. The zero-order valence-corrected chi connectivity index (χ0v) is 13.1. The highest BCUT2D eigenvalue weighted by Gasteiger charge is 2.16. The van der Waals surface area contributed by atoms with Gasteiger partial charge in [0.25, 0.3) is 5.69 Å². The summed E-state index contributed by atoms with van der Waals surface area (Å²) in [5, 5.41) is 14.1. The van der Waals surface area contributed by atoms with E-state index in [9.17, 15) is 14.9 Å². The van der Waals surface area contributed by atoms with Crippen LogP contribution in [0.1, 0.15) is 16.2 Å². The fourth-order valence-corrected chi connectivity index (χ4v) is 2.38. The van der Waals surface area contributed by atoms with E-state index >= 15 is 0 Å². The molecular weight excluding hydrogens is 322 g/mol. The number of anilines is 1. The third kappa shape index (κ3) is 3.63. The molecule has 1 aromatic heterocycles. The van der Waals surface area contributed by atoms with Crippen LogP contribution in [0.2, 0.25) is 0 Å². The van der Waals surface area contributed by atoms with E-state index in [1.54, 1.807) is 6.20 Å². The molecule has 0 unspecified atom stereocenters. The number of hydrogen-bond donors (Lipinski definition) is 3. The van der Waals surface area contributed by atoms with E-state index in [-0.39, 0.29) is 23.5 Å². The molecule has 0 fully saturated rings. The zero-order chi connectivity index (χ0) is 17.8. The summed E-state index contributed by atoms with van der Waals surface area (Å²) in [5.74, 6) is -0.0830. The van der Waals surface area contributed by atoms with Gasteiger partial charge < -0.3 is 16.0 Å². The molecule has 8 heteroatoms. The number of nitrogens with two attached hydrogens (primary N) is 1. The van der Waals surface area contributed by atoms with E-state index in [2.05, 4.69) is 15.3 Å². The number of primary amides is 1. The second kappa shape index (κ2) is 6.83. The number of rotatable bonds is 6. The van der Waals surface area contributed by atoms with Crippen molar-refractivity contribution in [2.24, 2.45) is 5.73 Å². The molecule has 1 heterocycles. The van der Waals surface area contributed by atoms with Gasteiger partial charge in [-0.2, -0.15) is 0 Å². The van der Waals surface area contributed by atoms with Crippen LogP contribution in [0.25, 0.3) is 11.3 Å². The Hall–Kier alpha value is -3.68. The monoisotopic (exact) mass is 337 g/mol. The minimum Gasteiger partial charge on any atom is -0.372 e. The lowest BCUT2D eigenvalue weighted by Gasteiger charge is -2.06. The van der Waals surface area contributed by atoms with Crippen LogP contribution in [0.5, 0.6) is 0 Å². The van der Waals surface area contributed by atoms with Gasteiger partial charge in [0.2, 0.25) is 5.91 Å². The van der Waals surface area contributed by atoms with Gasteiger partial charge in [-0.15, -0.1) is 0 Å². The molecule has 0 aliphatic heterocycles. The molecule has 0 spiro atoms. The number of nitro benzene ring substituents is 1. The van der Waals surface area contributed by atoms with Crippen molar-refractivity contribution in [1.29, 1.82) is 0 Å². The predicted molar refractivity (Wildman–Crippen MR) is 93.0 cm³/mol. The molecule has 4 N–H and O–H groups in total. The number of aromatic nitrogens is 2. The third-order valence-electron chi connectivity index (χ3n) is 3.64. The van der Waals surface area contributed by atoms with Gasteiger partial charge in [0.15, 0.2) is 0 Å². The summed E-state index contributed by atoms with van der Waals surface area (Å²) in [6, 6.07) is 13.7. The quantitative estimate of drug-likeness (QED) is 0.471. The van der Waals surface area contributed by atoms with Crippen LogP contribution >= 0.6 is 0 Å². The van der Waals surface area contributed by atoms with Crippen LogP contribution in [0.4, 0.5) is 11.4 Å². The molecule has 2 aromatic carbocycles. The van der Waals surface area contributed by atoms with Crippen LogP contribution in [-0.2, 0) is 6.54 Å². The molecule has 126 valence electrons. The topological polar surface area (TPSA) is 127 Å². The van der Waals surface area contributed by atoms with Gasteiger partial charge in [0.1, 0.15) is 11.5 Å². The summed E-state index contributed by atoms with van der Waals surface area (Å²) < 4.78 is 0. The van der Waals surface area contributed by atoms with Crippen molar-refractivity contribution in [3.63, 3.8) is 0 Å². The third-order valence-corrected chi connectivity index (χ3v) is 3.64. The van der Waals surface area contributed by atoms with Gasteiger partial charge in [0, 0.05) is 11.6 Å². The molecular formula is C17H15N5O3. The summed E-state index contributed by atoms with van der Waals surface area (Å²) in [7, 11) is 0. The van der Waals surface area contributed by atoms with Crippen LogP contribution in [0, 0.1) is 10.1 Å². The van der Waals surface area contributed by atoms with Crippen molar-refractivity contribution in [1.82, 2.24) is 9.97 Å². The van der Waals surface area contributed by atoms with Crippen LogP contribution < -0.4 is 11.1 Å². The summed E-state index contributed by atoms with van der Waals surface area (Å²) in [5.41, 5.74) is 7.17. The molecule has 0 aliphatic carbocycles. The molecule has 0 saturated carbocycles. The molecule has 8 nitrogen and oxygen atoms in total. The van der Waals surface area contributed by atoms with Crippen molar-refractivity contribution >= 4 is 17.3 Å². The number of aromatic amines is 1. The average Bonchev–Trinajstić information content (AvgIpc) is 3.09. The first-order valence-corrected chi connectivity index (χ1v) is 7.46. The number of imidazole rings is 1. The lowest BCUT2D eigenvalue weighted by atomic mass is 10.1. The van der Waals surface area contributed by atoms with Gasteiger partial charge >= 0.3 is 0 Å². The van der Waals surface area contributed by atoms with E-state index in [0.29, 0.717) is 5.82 Å². The highest BCUT2D eigenvalue weighted by atomic mass is 16.6. The van der Waals surface area contributed by atoms with Crippen molar-refractivity contribution in [3.8, 4) is 11.3 Å². The zero-order valence-electron chi connectivity index (χ0n) is 13.1. The molecule has 0 bridgehead atoms. The van der Waals surface area contributed by atoms with Crippen LogP contribution in [-0.4, -0.2) is 20.8 Å². The standard InChI is InChI=1S/C17H15N5O3/c18-17(23)12-6-7-13(15(8-12)22(24)25)19-10-16-20-9-14(21-16)11-4-2-1-3-5-11/h1-9,19H,10H2,(H2,18,23)(H,20,21). The van der Waals surface area contributed by atoms with Crippen LogP contribution in [0.3, 0.4) is 0 Å². The minimum atomic E-state index is -0.715. The van der Waals surface area contributed by atoms with E-state index in [1.807, 2.05) is 30.3 Å². The molecule has 3 aromatic rings. The van der Waals surface area contributed by atoms with E-state index in [1.165, 1.54) is 12.1 Å². The van der Waals surface area contributed by atoms with Gasteiger partial charge in [-0.3, -0.25) is 14.9 Å².